The lowest BCUT2D eigenvalue weighted by atomic mass is 9.96. The molecule has 0 fully saturated rings. The number of ether oxygens (including phenoxy) is 3. The Labute approximate surface area is 263 Å². The van der Waals surface area contributed by atoms with Crippen molar-refractivity contribution in [2.24, 2.45) is 11.8 Å². The molecule has 0 aliphatic carbocycles. The molecular weight excluding hydrogens is 582 g/mol. The molecule has 0 aromatic heterocycles. The highest BCUT2D eigenvalue weighted by atomic mass is 16.5. The Kier molecular flexibility index (Phi) is 13.7. The number of anilines is 1. The zero-order chi connectivity index (χ0) is 33.8. The minimum Gasteiger partial charge on any atom is -0.469 e. The van der Waals surface area contributed by atoms with E-state index >= 15 is 0 Å². The van der Waals surface area contributed by atoms with E-state index in [1.54, 1.807) is 24.3 Å². The number of benzene rings is 2. The number of nitrogens with zero attached hydrogens (tertiary/aromatic N) is 1. The van der Waals surface area contributed by atoms with Crippen LogP contribution in [-0.4, -0.2) is 72.9 Å². The lowest BCUT2D eigenvalue weighted by Crippen LogP contribution is -2.51. The third kappa shape index (κ3) is 10.7. The van der Waals surface area contributed by atoms with Crippen molar-refractivity contribution in [3.05, 3.63) is 53.6 Å². The molecule has 0 spiro atoms. The molecule has 2 aromatic rings. The first-order chi connectivity index (χ1) is 21.2. The largest absolute Gasteiger partial charge is 0.469 e. The minimum atomic E-state index is -1.16. The van der Waals surface area contributed by atoms with Crippen LogP contribution in [0.2, 0.25) is 0 Å². The molecule has 3 amide bonds. The van der Waals surface area contributed by atoms with E-state index in [2.05, 4.69) is 15.4 Å². The summed E-state index contributed by atoms with van der Waals surface area (Å²) in [6.07, 6.45) is -0.304. The fourth-order valence-electron chi connectivity index (χ4n) is 4.83. The van der Waals surface area contributed by atoms with Crippen LogP contribution in [0.25, 0.3) is 11.1 Å². The predicted octanol–water partition coefficient (Wildman–Crippen LogP) is 3.72. The quantitative estimate of drug-likeness (QED) is 0.281. The van der Waals surface area contributed by atoms with Gasteiger partial charge in [0.15, 0.2) is 0 Å². The van der Waals surface area contributed by atoms with Crippen molar-refractivity contribution in [2.75, 3.05) is 25.6 Å². The molecule has 1 aliphatic heterocycles. The summed E-state index contributed by atoms with van der Waals surface area (Å²) in [6.45, 7) is 11.2. The number of hydrogen-bond donors (Lipinski definition) is 2. The van der Waals surface area contributed by atoms with Crippen LogP contribution in [0.15, 0.2) is 42.5 Å². The summed E-state index contributed by atoms with van der Waals surface area (Å²) < 4.78 is 14.8. The zero-order valence-electron chi connectivity index (χ0n) is 27.1. The Balaban J connectivity index is 0.00000130. The topological polar surface area (TPSA) is 157 Å². The maximum absolute atomic E-state index is 13.4. The van der Waals surface area contributed by atoms with Gasteiger partial charge in [0.2, 0.25) is 11.8 Å². The summed E-state index contributed by atoms with van der Waals surface area (Å²) in [4.78, 5) is 73.0. The summed E-state index contributed by atoms with van der Waals surface area (Å²) in [6, 6.07) is 11.4. The number of rotatable bonds is 11. The number of carbonyl (C=O) groups excluding carboxylic acids is 6. The Morgan fingerprint density at radius 2 is 1.44 bits per heavy atom. The van der Waals surface area contributed by atoms with Crippen LogP contribution in [0.1, 0.15) is 64.4 Å². The molecule has 0 saturated heterocycles. The van der Waals surface area contributed by atoms with E-state index in [-0.39, 0.29) is 55.4 Å². The number of carbonyl (C=O) groups is 6. The number of methoxy groups -OCH3 is 1. The maximum atomic E-state index is 13.4. The van der Waals surface area contributed by atoms with Crippen molar-refractivity contribution >= 4 is 41.3 Å². The maximum Gasteiger partial charge on any atom is 0.325 e. The number of hydrogen-bond acceptors (Lipinski definition) is 9. The van der Waals surface area contributed by atoms with Crippen molar-refractivity contribution < 1.29 is 43.0 Å². The second-order valence-electron chi connectivity index (χ2n) is 11.2. The molecule has 0 bridgehead atoms. The number of nitrogens with one attached hydrogen (secondary N) is 2. The van der Waals surface area contributed by atoms with Crippen molar-refractivity contribution in [3.63, 3.8) is 0 Å². The van der Waals surface area contributed by atoms with Crippen LogP contribution in [0, 0.1) is 11.8 Å². The van der Waals surface area contributed by atoms with Gasteiger partial charge >= 0.3 is 17.9 Å². The van der Waals surface area contributed by atoms with Crippen molar-refractivity contribution in [2.45, 2.75) is 67.2 Å². The molecule has 2 aromatic carbocycles. The lowest BCUT2D eigenvalue weighted by Gasteiger charge is -2.27. The Bertz CT molecular complexity index is 1380. The first-order valence-corrected chi connectivity index (χ1v) is 14.6. The van der Waals surface area contributed by atoms with Gasteiger partial charge in [-0.15, -0.1) is 0 Å². The highest BCUT2D eigenvalue weighted by molar-refractivity contribution is 6.03. The Morgan fingerprint density at radius 3 is 1.96 bits per heavy atom. The highest BCUT2D eigenvalue weighted by Crippen LogP contribution is 2.34. The van der Waals surface area contributed by atoms with Crippen LogP contribution in [-0.2, 0) is 44.7 Å². The number of fused-ring (bicyclic) bond motifs is 1. The van der Waals surface area contributed by atoms with Gasteiger partial charge in [-0.05, 0) is 46.7 Å². The number of amides is 3. The van der Waals surface area contributed by atoms with Crippen LogP contribution >= 0.6 is 0 Å². The van der Waals surface area contributed by atoms with Gasteiger partial charge in [0.25, 0.3) is 5.91 Å². The van der Waals surface area contributed by atoms with E-state index in [0.29, 0.717) is 11.3 Å². The van der Waals surface area contributed by atoms with E-state index in [4.69, 9.17) is 9.47 Å². The van der Waals surface area contributed by atoms with Crippen LogP contribution in [0.3, 0.4) is 0 Å². The van der Waals surface area contributed by atoms with Crippen molar-refractivity contribution in [1.82, 2.24) is 10.2 Å². The zero-order valence-corrected chi connectivity index (χ0v) is 27.1. The van der Waals surface area contributed by atoms with Gasteiger partial charge in [0.1, 0.15) is 25.3 Å². The molecule has 1 atom stereocenters. The molecule has 244 valence electrons. The van der Waals surface area contributed by atoms with Gasteiger partial charge in [-0.3, -0.25) is 28.8 Å². The van der Waals surface area contributed by atoms with E-state index in [9.17, 15) is 28.8 Å². The van der Waals surface area contributed by atoms with E-state index in [1.807, 2.05) is 45.9 Å². The Hall–Kier alpha value is -4.74. The first kappa shape index (κ1) is 36.5. The third-order valence-electron chi connectivity index (χ3n) is 6.91. The molecule has 12 heteroatoms. The molecule has 1 unspecified atom stereocenters. The minimum absolute atomic E-state index is 0.102. The van der Waals surface area contributed by atoms with E-state index in [0.717, 1.165) is 16.7 Å². The fraction of sp³-hybridized carbons (Fsp3) is 0.455. The third-order valence-corrected chi connectivity index (χ3v) is 6.91. The normalized spacial score (nSPS) is 12.6. The molecule has 1 aliphatic rings. The second-order valence-corrected chi connectivity index (χ2v) is 11.2. The van der Waals surface area contributed by atoms with Crippen molar-refractivity contribution in [1.29, 1.82) is 0 Å². The smallest absolute Gasteiger partial charge is 0.325 e. The lowest BCUT2D eigenvalue weighted by molar-refractivity contribution is -0.154. The average molecular weight is 626 g/mol. The molecule has 1 heterocycles. The standard InChI is InChI=1S/C30H37N3O7.C3H6O2/c1-17(2)28(18(3)4)40-27(36)14-31-29(37)26(16-39-20(6)35)33-15-25-23(8-7-9-24(25)30(33)38)21-10-12-22(13-11-21)32-19(5)34;1-3(4)5-2/h7-13,17-18,26,28H,14-16H2,1-6H3,(H,31,37)(H,32,34);1-2H3. The van der Waals surface area contributed by atoms with Gasteiger partial charge in [-0.2, -0.15) is 0 Å². The van der Waals surface area contributed by atoms with Crippen LogP contribution < -0.4 is 10.6 Å². The molecular formula is C33H43N3O9. The summed E-state index contributed by atoms with van der Waals surface area (Å²) in [5, 5.41) is 5.27. The van der Waals surface area contributed by atoms with Crippen LogP contribution in [0.5, 0.6) is 0 Å². The van der Waals surface area contributed by atoms with Gasteiger partial charge < -0.3 is 29.7 Å². The molecule has 45 heavy (non-hydrogen) atoms. The average Bonchev–Trinajstić information content (AvgIpc) is 3.30. The molecule has 0 radical (unpaired) electrons. The Morgan fingerprint density at radius 1 is 0.867 bits per heavy atom. The van der Waals surface area contributed by atoms with Gasteiger partial charge in [-0.1, -0.05) is 52.0 Å². The number of esters is 3. The summed E-state index contributed by atoms with van der Waals surface area (Å²) >= 11 is 0. The van der Waals surface area contributed by atoms with Crippen molar-refractivity contribution in [3.8, 4) is 11.1 Å². The summed E-state index contributed by atoms with van der Waals surface area (Å²) in [5.74, 6) is -2.43. The summed E-state index contributed by atoms with van der Waals surface area (Å²) in [7, 11) is 1.35. The van der Waals surface area contributed by atoms with Crippen LogP contribution in [0.4, 0.5) is 5.69 Å². The van der Waals surface area contributed by atoms with Gasteiger partial charge in [0, 0.05) is 38.6 Å². The SMILES string of the molecule is CC(=O)Nc1ccc(-c2cccc3c2CN(C(COC(C)=O)C(=O)NCC(=O)OC(C(C)C)C(C)C)C3=O)cc1.COC(C)=O. The molecule has 0 saturated carbocycles. The van der Waals surface area contributed by atoms with E-state index < -0.39 is 23.9 Å². The van der Waals surface area contributed by atoms with Gasteiger partial charge in [-0.25, -0.2) is 0 Å². The van der Waals surface area contributed by atoms with E-state index in [1.165, 1.54) is 32.8 Å². The monoisotopic (exact) mass is 625 g/mol. The highest BCUT2D eigenvalue weighted by Gasteiger charge is 2.38. The first-order valence-electron chi connectivity index (χ1n) is 14.6. The molecule has 3 rings (SSSR count). The molecule has 2 N–H and O–H groups in total. The molecule has 12 nitrogen and oxygen atoms in total. The van der Waals surface area contributed by atoms with Gasteiger partial charge in [0.05, 0.1) is 7.11 Å². The fourth-order valence-corrected chi connectivity index (χ4v) is 4.83. The predicted molar refractivity (Wildman–Crippen MR) is 167 cm³/mol. The second kappa shape index (κ2) is 16.9. The summed E-state index contributed by atoms with van der Waals surface area (Å²) in [5.41, 5.74) is 3.42.